The van der Waals surface area contributed by atoms with Crippen LogP contribution in [0.2, 0.25) is 0 Å². The summed E-state index contributed by atoms with van der Waals surface area (Å²) in [4.78, 5) is 20.4. The molecule has 3 heterocycles. The molecule has 0 radical (unpaired) electrons. The highest BCUT2D eigenvalue weighted by Crippen LogP contribution is 2.35. The summed E-state index contributed by atoms with van der Waals surface area (Å²) in [6, 6.07) is 3.09. The average Bonchev–Trinajstić information content (AvgIpc) is 3.05. The van der Waals surface area contributed by atoms with Gasteiger partial charge in [0.2, 0.25) is 5.91 Å². The van der Waals surface area contributed by atoms with E-state index in [4.69, 9.17) is 0 Å². The van der Waals surface area contributed by atoms with Crippen LogP contribution in [0.15, 0.2) is 30.9 Å². The number of nitrogens with one attached hydrogen (secondary N) is 2. The van der Waals surface area contributed by atoms with Crippen LogP contribution in [0.1, 0.15) is 12.0 Å². The van der Waals surface area contributed by atoms with Crippen LogP contribution < -0.4 is 5.32 Å². The third-order valence-electron chi connectivity index (χ3n) is 4.71. The van der Waals surface area contributed by atoms with E-state index in [2.05, 4.69) is 25.5 Å². The van der Waals surface area contributed by atoms with E-state index < -0.39 is 23.8 Å². The number of aromatic amines is 1. The number of alkyl halides is 1. The Balaban J connectivity index is 1.59. The van der Waals surface area contributed by atoms with E-state index in [9.17, 15) is 18.8 Å². The highest BCUT2D eigenvalue weighted by atomic mass is 19.1. The third-order valence-corrected chi connectivity index (χ3v) is 4.71. The lowest BCUT2D eigenvalue weighted by Gasteiger charge is -2.07. The summed E-state index contributed by atoms with van der Waals surface area (Å²) in [5, 5.41) is 19.1. The fourth-order valence-electron chi connectivity index (χ4n) is 3.18. The van der Waals surface area contributed by atoms with Gasteiger partial charge in [0, 0.05) is 23.2 Å². The average molecular weight is 379 g/mol. The fraction of sp³-hybridized carbons (Fsp3) is 0.167. The molecule has 1 aliphatic carbocycles. The molecule has 1 aromatic carbocycles. The van der Waals surface area contributed by atoms with Crippen molar-refractivity contribution in [2.75, 3.05) is 5.32 Å². The van der Waals surface area contributed by atoms with E-state index >= 15 is 0 Å². The Kier molecular flexibility index (Phi) is 3.39. The van der Waals surface area contributed by atoms with E-state index in [0.29, 0.717) is 27.8 Å². The Morgan fingerprint density at radius 3 is 2.96 bits per heavy atom. The Bertz CT molecular complexity index is 1300. The molecule has 2 unspecified atom stereocenters. The van der Waals surface area contributed by atoms with Crippen molar-refractivity contribution in [1.82, 2.24) is 24.6 Å². The van der Waals surface area contributed by atoms with Gasteiger partial charge in [0.15, 0.2) is 11.5 Å². The number of hydrogen-bond donors (Lipinski definition) is 2. The highest BCUT2D eigenvalue weighted by Gasteiger charge is 2.43. The number of rotatable bonds is 3. The molecule has 28 heavy (non-hydrogen) atoms. The number of fused-ring (bicyclic) bond motifs is 2. The van der Waals surface area contributed by atoms with Crippen LogP contribution in [0.25, 0.3) is 27.8 Å². The summed E-state index contributed by atoms with van der Waals surface area (Å²) in [5.41, 5.74) is 1.39. The number of H-pyrrole nitrogens is 1. The number of nitrogens with zero attached hydrogens (tertiary/aromatic N) is 5. The lowest BCUT2D eigenvalue weighted by molar-refractivity contribution is -0.117. The number of imidazole rings is 1. The van der Waals surface area contributed by atoms with Crippen molar-refractivity contribution in [1.29, 1.82) is 5.26 Å². The predicted octanol–water partition coefficient (Wildman–Crippen LogP) is 2.58. The van der Waals surface area contributed by atoms with Gasteiger partial charge in [-0.2, -0.15) is 10.4 Å². The van der Waals surface area contributed by atoms with Gasteiger partial charge in [-0.25, -0.2) is 13.8 Å². The lowest BCUT2D eigenvalue weighted by atomic mass is 10.0. The maximum Gasteiger partial charge on any atom is 0.231 e. The van der Waals surface area contributed by atoms with Crippen molar-refractivity contribution in [2.45, 2.75) is 12.6 Å². The second-order valence-electron chi connectivity index (χ2n) is 6.56. The Hall–Kier alpha value is -3.87. The van der Waals surface area contributed by atoms with E-state index in [1.165, 1.54) is 18.5 Å². The van der Waals surface area contributed by atoms with Crippen LogP contribution in [-0.2, 0) is 4.79 Å². The van der Waals surface area contributed by atoms with Crippen LogP contribution in [0.4, 0.5) is 14.6 Å². The first-order valence-electron chi connectivity index (χ1n) is 8.41. The van der Waals surface area contributed by atoms with Crippen LogP contribution in [0.3, 0.4) is 0 Å². The molecular weight excluding hydrogens is 368 g/mol. The van der Waals surface area contributed by atoms with Gasteiger partial charge in [-0.1, -0.05) is 0 Å². The molecule has 3 aromatic heterocycles. The van der Waals surface area contributed by atoms with Crippen LogP contribution in [0.5, 0.6) is 0 Å². The number of halogens is 2. The highest BCUT2D eigenvalue weighted by molar-refractivity contribution is 5.97. The number of benzene rings is 1. The summed E-state index contributed by atoms with van der Waals surface area (Å²) in [7, 11) is 0. The summed E-state index contributed by atoms with van der Waals surface area (Å²) < 4.78 is 28.9. The van der Waals surface area contributed by atoms with E-state index in [1.807, 2.05) is 6.07 Å². The van der Waals surface area contributed by atoms with Gasteiger partial charge < -0.3 is 9.72 Å². The van der Waals surface area contributed by atoms with Gasteiger partial charge in [-0.15, -0.1) is 0 Å². The molecule has 8 nitrogen and oxygen atoms in total. The molecule has 1 aliphatic rings. The van der Waals surface area contributed by atoms with E-state index in [0.717, 1.165) is 0 Å². The third kappa shape index (κ3) is 2.48. The van der Waals surface area contributed by atoms with Crippen LogP contribution >= 0.6 is 0 Å². The molecule has 1 fully saturated rings. The van der Waals surface area contributed by atoms with Gasteiger partial charge in [-0.05, 0) is 6.42 Å². The first-order chi connectivity index (χ1) is 13.5. The summed E-state index contributed by atoms with van der Waals surface area (Å²) in [6.45, 7) is 0. The maximum absolute atomic E-state index is 14.3. The number of amides is 1. The van der Waals surface area contributed by atoms with Gasteiger partial charge >= 0.3 is 0 Å². The zero-order valence-corrected chi connectivity index (χ0v) is 14.1. The molecule has 4 aromatic rings. The molecule has 0 spiro atoms. The minimum Gasteiger partial charge on any atom is -0.309 e. The lowest BCUT2D eigenvalue weighted by Crippen LogP contribution is -2.15. The fourth-order valence-corrected chi connectivity index (χ4v) is 3.18. The molecule has 1 amide bonds. The predicted molar refractivity (Wildman–Crippen MR) is 94.4 cm³/mol. The van der Waals surface area contributed by atoms with Crippen molar-refractivity contribution in [2.24, 2.45) is 5.92 Å². The number of nitriles is 1. The number of hydrogen-bond acceptors (Lipinski definition) is 5. The largest absolute Gasteiger partial charge is 0.309 e. The zero-order chi connectivity index (χ0) is 19.4. The van der Waals surface area contributed by atoms with Crippen LogP contribution in [-0.4, -0.2) is 36.6 Å². The monoisotopic (exact) mass is 379 g/mol. The van der Waals surface area contributed by atoms with Crippen molar-refractivity contribution >= 4 is 28.3 Å². The zero-order valence-electron chi connectivity index (χ0n) is 14.1. The van der Waals surface area contributed by atoms with Crippen molar-refractivity contribution < 1.29 is 13.6 Å². The molecule has 5 rings (SSSR count). The number of carbonyl (C=O) groups excluding carboxylic acids is 1. The molecule has 2 N–H and O–H groups in total. The van der Waals surface area contributed by atoms with Crippen molar-refractivity contribution in [3.63, 3.8) is 0 Å². The molecule has 2 atom stereocenters. The van der Waals surface area contributed by atoms with Crippen LogP contribution in [0, 0.1) is 23.1 Å². The minimum atomic E-state index is -1.10. The second-order valence-corrected chi connectivity index (χ2v) is 6.56. The second kappa shape index (κ2) is 5.82. The molecule has 0 bridgehead atoms. The smallest absolute Gasteiger partial charge is 0.231 e. The van der Waals surface area contributed by atoms with Gasteiger partial charge in [0.1, 0.15) is 18.1 Å². The summed E-state index contributed by atoms with van der Waals surface area (Å²) in [6.07, 6.45) is 5.20. The molecule has 0 aliphatic heterocycles. The summed E-state index contributed by atoms with van der Waals surface area (Å²) in [5.74, 6) is -1.46. The number of aromatic nitrogens is 5. The minimum absolute atomic E-state index is 0.142. The summed E-state index contributed by atoms with van der Waals surface area (Å²) >= 11 is 0. The molecule has 0 saturated heterocycles. The van der Waals surface area contributed by atoms with Gasteiger partial charge in [0.25, 0.3) is 0 Å². The normalized spacial score (nSPS) is 18.3. The van der Waals surface area contributed by atoms with Gasteiger partial charge in [-0.3, -0.25) is 14.9 Å². The standard InChI is InChI=1S/C18H11F2N7O/c19-11-1-8(11)18(28)25-15-7-27-6-14(22-5-16(27)24-15)17-9(3-21)12(20)2-13-10(17)4-23-26-13/h2,4-8,11H,1H2,(H,23,26)(H,25,28). The topological polar surface area (TPSA) is 112 Å². The van der Waals surface area contributed by atoms with Gasteiger partial charge in [0.05, 0.1) is 41.3 Å². The Morgan fingerprint density at radius 2 is 2.21 bits per heavy atom. The Labute approximate surface area is 155 Å². The SMILES string of the molecule is N#Cc1c(F)cc2[nH]ncc2c1-c1cn2cc(NC(=O)C3CC3F)nc2cn1. The number of anilines is 1. The van der Waals surface area contributed by atoms with Crippen molar-refractivity contribution in [3.8, 4) is 17.3 Å². The number of carbonyl (C=O) groups is 1. The quantitative estimate of drug-likeness (QED) is 0.568. The Morgan fingerprint density at radius 1 is 1.39 bits per heavy atom. The molecule has 10 heteroatoms. The van der Waals surface area contributed by atoms with E-state index in [1.54, 1.807) is 16.8 Å². The first-order valence-corrected chi connectivity index (χ1v) is 8.41. The van der Waals surface area contributed by atoms with Crippen molar-refractivity contribution in [3.05, 3.63) is 42.2 Å². The first kappa shape index (κ1) is 16.3. The maximum atomic E-state index is 14.3. The molecule has 1 saturated carbocycles. The molecule has 138 valence electrons. The van der Waals surface area contributed by atoms with E-state index in [-0.39, 0.29) is 17.8 Å². The molecular formula is C18H11F2N7O.